The van der Waals surface area contributed by atoms with Gasteiger partial charge < -0.3 is 0 Å². The number of hydrogen-bond acceptors (Lipinski definition) is 3. The maximum Gasteiger partial charge on any atom is 0.238 e. The summed E-state index contributed by atoms with van der Waals surface area (Å²) in [7, 11) is 0. The number of nitrogens with zero attached hydrogens (tertiary/aromatic N) is 4. The Kier molecular flexibility index (Phi) is 8.98. The van der Waals surface area contributed by atoms with Gasteiger partial charge in [-0.15, -0.1) is 0 Å². The number of para-hydroxylation sites is 2. The van der Waals surface area contributed by atoms with E-state index in [2.05, 4.69) is 211 Å². The minimum Gasteiger partial charge on any atom is -0.278 e. The average molecular weight is 731 g/mol. The Hall–Kier alpha value is -7.43. The van der Waals surface area contributed by atoms with Crippen LogP contribution in [-0.4, -0.2) is 19.5 Å². The van der Waals surface area contributed by atoms with E-state index in [-0.39, 0.29) is 5.92 Å². The van der Waals surface area contributed by atoms with E-state index in [0.717, 1.165) is 61.6 Å². The van der Waals surface area contributed by atoms with Crippen LogP contribution in [0.15, 0.2) is 212 Å². The van der Waals surface area contributed by atoms with E-state index in [9.17, 15) is 0 Å². The molecule has 0 aliphatic heterocycles. The van der Waals surface area contributed by atoms with E-state index >= 15 is 0 Å². The summed E-state index contributed by atoms with van der Waals surface area (Å²) in [5.74, 6) is 2.04. The maximum atomic E-state index is 5.33. The lowest BCUT2D eigenvalue weighted by atomic mass is 9.85. The molecule has 10 aromatic rings. The summed E-state index contributed by atoms with van der Waals surface area (Å²) in [6.07, 6.45) is 0.921. The zero-order chi connectivity index (χ0) is 38.0. The van der Waals surface area contributed by atoms with Crippen molar-refractivity contribution < 1.29 is 0 Å². The molecule has 0 N–H and O–H groups in total. The van der Waals surface area contributed by atoms with Gasteiger partial charge in [0.15, 0.2) is 11.6 Å². The minimum atomic E-state index is 0.224. The van der Waals surface area contributed by atoms with Crippen LogP contribution in [0.5, 0.6) is 0 Å². The lowest BCUT2D eigenvalue weighted by Gasteiger charge is -2.19. The molecule has 0 fully saturated rings. The molecule has 0 bridgehead atoms. The molecular weight excluding hydrogens is 693 g/mol. The van der Waals surface area contributed by atoms with Gasteiger partial charge in [-0.1, -0.05) is 200 Å². The average Bonchev–Trinajstić information content (AvgIpc) is 3.63. The van der Waals surface area contributed by atoms with Gasteiger partial charge in [-0.2, -0.15) is 9.97 Å². The third-order valence-electron chi connectivity index (χ3n) is 10.9. The van der Waals surface area contributed by atoms with Crippen molar-refractivity contribution in [2.75, 3.05) is 0 Å². The minimum absolute atomic E-state index is 0.224. The molecule has 0 radical (unpaired) electrons. The zero-order valence-electron chi connectivity index (χ0n) is 31.3. The molecule has 0 amide bonds. The summed E-state index contributed by atoms with van der Waals surface area (Å²) in [5, 5.41) is 2.31. The first-order chi connectivity index (χ1) is 28.3. The highest BCUT2D eigenvalue weighted by Gasteiger charge is 2.21. The lowest BCUT2D eigenvalue weighted by molar-refractivity contribution is 0.805. The zero-order valence-corrected chi connectivity index (χ0v) is 31.3. The Morgan fingerprint density at radius 2 is 0.772 bits per heavy atom. The SMILES string of the molecule is c1ccc(CC(c2ccccc2)c2ccc(-c3ccccc3-c3nc(-c4ccccc4-c4ccccc4)nc(-n4c5ccccc5c5ccccc54)n3)cc2)cc1. The number of benzene rings is 8. The molecule has 2 heterocycles. The van der Waals surface area contributed by atoms with Gasteiger partial charge in [0.2, 0.25) is 5.95 Å². The molecular formula is C53H38N4. The Balaban J connectivity index is 1.14. The molecule has 0 spiro atoms. The molecule has 1 unspecified atom stereocenters. The predicted molar refractivity (Wildman–Crippen MR) is 234 cm³/mol. The van der Waals surface area contributed by atoms with Gasteiger partial charge in [0.25, 0.3) is 0 Å². The quantitative estimate of drug-likeness (QED) is 0.148. The Morgan fingerprint density at radius 3 is 1.33 bits per heavy atom. The highest BCUT2D eigenvalue weighted by atomic mass is 15.2. The van der Waals surface area contributed by atoms with E-state index in [4.69, 9.17) is 15.0 Å². The van der Waals surface area contributed by atoms with Gasteiger partial charge in [-0.25, -0.2) is 4.98 Å². The summed E-state index contributed by atoms with van der Waals surface area (Å²) >= 11 is 0. The van der Waals surface area contributed by atoms with Crippen LogP contribution < -0.4 is 0 Å². The second kappa shape index (κ2) is 15.0. The van der Waals surface area contributed by atoms with Crippen LogP contribution in [0, 0.1) is 0 Å². The molecule has 2 aromatic heterocycles. The molecule has 0 saturated heterocycles. The third-order valence-corrected chi connectivity index (χ3v) is 10.9. The lowest BCUT2D eigenvalue weighted by Crippen LogP contribution is -2.07. The van der Waals surface area contributed by atoms with Crippen molar-refractivity contribution in [3.05, 3.63) is 229 Å². The summed E-state index contributed by atoms with van der Waals surface area (Å²) < 4.78 is 2.18. The van der Waals surface area contributed by atoms with Crippen molar-refractivity contribution in [2.24, 2.45) is 0 Å². The first kappa shape index (κ1) is 34.1. The van der Waals surface area contributed by atoms with E-state index in [1.807, 2.05) is 6.07 Å². The van der Waals surface area contributed by atoms with Crippen LogP contribution in [0.25, 0.3) is 72.8 Å². The molecule has 270 valence electrons. The standard InChI is InChI=1S/C53H38N4/c1-4-18-37(19-5-1)36-48(39-22-8-3-9-23-39)41-34-32-40(33-35-41)43-25-11-13-29-47(43)52-54-51(46-28-12-10-24-42(46)38-20-6-2-7-21-38)55-53(56-52)57-49-30-16-14-26-44(49)45-27-15-17-31-50(45)57/h1-35,48H,36H2. The summed E-state index contributed by atoms with van der Waals surface area (Å²) in [4.78, 5) is 15.9. The van der Waals surface area contributed by atoms with Gasteiger partial charge in [-0.3, -0.25) is 4.57 Å². The highest BCUT2D eigenvalue weighted by Crippen LogP contribution is 2.38. The molecule has 0 aliphatic rings. The molecule has 4 nitrogen and oxygen atoms in total. The van der Waals surface area contributed by atoms with Gasteiger partial charge in [0, 0.05) is 27.8 Å². The molecule has 57 heavy (non-hydrogen) atoms. The fraction of sp³-hybridized carbons (Fsp3) is 0.0377. The Bertz CT molecular complexity index is 2920. The summed E-state index contributed by atoms with van der Waals surface area (Å²) in [6, 6.07) is 74.9. The van der Waals surface area contributed by atoms with Gasteiger partial charge in [-0.05, 0) is 57.5 Å². The van der Waals surface area contributed by atoms with E-state index in [1.54, 1.807) is 0 Å². The summed E-state index contributed by atoms with van der Waals surface area (Å²) in [6.45, 7) is 0. The normalized spacial score (nSPS) is 11.9. The van der Waals surface area contributed by atoms with Crippen LogP contribution in [0.2, 0.25) is 0 Å². The van der Waals surface area contributed by atoms with Gasteiger partial charge in [0.1, 0.15) is 0 Å². The predicted octanol–water partition coefficient (Wildman–Crippen LogP) is 13.0. The highest BCUT2D eigenvalue weighted by molar-refractivity contribution is 6.09. The largest absolute Gasteiger partial charge is 0.278 e. The first-order valence-corrected chi connectivity index (χ1v) is 19.5. The van der Waals surface area contributed by atoms with Crippen LogP contribution in [0.1, 0.15) is 22.6 Å². The van der Waals surface area contributed by atoms with Crippen molar-refractivity contribution in [3.8, 4) is 51.0 Å². The number of aromatic nitrogens is 4. The van der Waals surface area contributed by atoms with Crippen molar-refractivity contribution >= 4 is 21.8 Å². The molecule has 4 heteroatoms. The van der Waals surface area contributed by atoms with Crippen molar-refractivity contribution in [1.82, 2.24) is 19.5 Å². The molecule has 8 aromatic carbocycles. The fourth-order valence-corrected chi connectivity index (χ4v) is 8.18. The van der Waals surface area contributed by atoms with Gasteiger partial charge in [0.05, 0.1) is 11.0 Å². The second-order valence-corrected chi connectivity index (χ2v) is 14.4. The van der Waals surface area contributed by atoms with Gasteiger partial charge >= 0.3 is 0 Å². The smallest absolute Gasteiger partial charge is 0.238 e. The number of rotatable bonds is 9. The summed E-state index contributed by atoms with van der Waals surface area (Å²) in [5.41, 5.74) is 12.2. The van der Waals surface area contributed by atoms with Crippen LogP contribution in [-0.2, 0) is 6.42 Å². The monoisotopic (exact) mass is 730 g/mol. The maximum absolute atomic E-state index is 5.33. The van der Waals surface area contributed by atoms with Crippen molar-refractivity contribution in [1.29, 1.82) is 0 Å². The van der Waals surface area contributed by atoms with Crippen molar-refractivity contribution in [2.45, 2.75) is 12.3 Å². The molecule has 10 rings (SSSR count). The van der Waals surface area contributed by atoms with Crippen LogP contribution in [0.4, 0.5) is 0 Å². The second-order valence-electron chi connectivity index (χ2n) is 14.4. The topological polar surface area (TPSA) is 43.6 Å². The third kappa shape index (κ3) is 6.58. The Morgan fingerprint density at radius 1 is 0.351 bits per heavy atom. The number of fused-ring (bicyclic) bond motifs is 3. The van der Waals surface area contributed by atoms with Crippen LogP contribution in [0.3, 0.4) is 0 Å². The number of hydrogen-bond donors (Lipinski definition) is 0. The first-order valence-electron chi connectivity index (χ1n) is 19.5. The molecule has 0 aliphatic carbocycles. The van der Waals surface area contributed by atoms with E-state index in [0.29, 0.717) is 17.6 Å². The van der Waals surface area contributed by atoms with Crippen LogP contribution >= 0.6 is 0 Å². The van der Waals surface area contributed by atoms with E-state index < -0.39 is 0 Å². The van der Waals surface area contributed by atoms with Crippen molar-refractivity contribution in [3.63, 3.8) is 0 Å². The molecule has 1 atom stereocenters. The molecule has 0 saturated carbocycles. The van der Waals surface area contributed by atoms with E-state index in [1.165, 1.54) is 16.7 Å². The fourth-order valence-electron chi connectivity index (χ4n) is 8.18. The Labute approximate surface area is 332 Å².